The van der Waals surface area contributed by atoms with E-state index in [0.717, 1.165) is 18.8 Å². The summed E-state index contributed by atoms with van der Waals surface area (Å²) in [5, 5.41) is 3.32. The first-order valence-electron chi connectivity index (χ1n) is 4.53. The van der Waals surface area contributed by atoms with Crippen LogP contribution in [0.1, 0.15) is 15.9 Å². The second-order valence-electron chi connectivity index (χ2n) is 3.21. The number of primary amides is 1. The molecule has 1 heterocycles. The van der Waals surface area contributed by atoms with Gasteiger partial charge in [-0.1, -0.05) is 6.07 Å². The van der Waals surface area contributed by atoms with Crippen molar-refractivity contribution in [2.75, 3.05) is 12.3 Å². The zero-order chi connectivity index (χ0) is 9.97. The Kier molecular flexibility index (Phi) is 2.74. The first kappa shape index (κ1) is 9.55. The molecule has 0 atom stereocenters. The molecule has 2 rings (SSSR count). The Bertz CT molecular complexity index is 365. The topological polar surface area (TPSA) is 55.1 Å². The summed E-state index contributed by atoms with van der Waals surface area (Å²) in [6, 6.07) is 5.64. The molecule has 14 heavy (non-hydrogen) atoms. The number of hydrogen-bond acceptors (Lipinski definition) is 3. The highest BCUT2D eigenvalue weighted by Gasteiger charge is 2.10. The Balaban J connectivity index is 2.37. The van der Waals surface area contributed by atoms with E-state index in [0.29, 0.717) is 5.56 Å². The number of thioether (sulfide) groups is 1. The molecule has 3 nitrogen and oxygen atoms in total. The van der Waals surface area contributed by atoms with Gasteiger partial charge in [0.25, 0.3) is 0 Å². The quantitative estimate of drug-likeness (QED) is 0.723. The van der Waals surface area contributed by atoms with Gasteiger partial charge in [-0.25, -0.2) is 0 Å². The molecule has 0 aliphatic carbocycles. The lowest BCUT2D eigenvalue weighted by molar-refractivity contribution is 0.1000. The molecule has 0 fully saturated rings. The van der Waals surface area contributed by atoms with Crippen molar-refractivity contribution in [3.05, 3.63) is 29.3 Å². The van der Waals surface area contributed by atoms with E-state index in [-0.39, 0.29) is 5.91 Å². The molecule has 1 aromatic carbocycles. The van der Waals surface area contributed by atoms with Gasteiger partial charge in [0.05, 0.1) is 0 Å². The molecule has 1 amide bonds. The van der Waals surface area contributed by atoms with Crippen LogP contribution in [0.25, 0.3) is 0 Å². The van der Waals surface area contributed by atoms with Crippen molar-refractivity contribution < 1.29 is 4.79 Å². The van der Waals surface area contributed by atoms with Gasteiger partial charge in [-0.2, -0.15) is 0 Å². The summed E-state index contributed by atoms with van der Waals surface area (Å²) in [5.41, 5.74) is 7.07. The van der Waals surface area contributed by atoms with E-state index >= 15 is 0 Å². The first-order valence-corrected chi connectivity index (χ1v) is 5.52. The molecule has 0 spiro atoms. The second-order valence-corrected chi connectivity index (χ2v) is 4.35. The number of carbonyl (C=O) groups excluding carboxylic acids is 1. The Morgan fingerprint density at radius 2 is 2.36 bits per heavy atom. The van der Waals surface area contributed by atoms with Crippen LogP contribution < -0.4 is 11.1 Å². The summed E-state index contributed by atoms with van der Waals surface area (Å²) in [5.74, 6) is 0.681. The fourth-order valence-electron chi connectivity index (χ4n) is 1.44. The number of nitrogens with one attached hydrogen (secondary N) is 1. The van der Waals surface area contributed by atoms with Crippen LogP contribution in [-0.4, -0.2) is 18.2 Å². The van der Waals surface area contributed by atoms with Crippen LogP contribution in [0.4, 0.5) is 0 Å². The molecule has 0 bridgehead atoms. The van der Waals surface area contributed by atoms with Crippen molar-refractivity contribution in [2.24, 2.45) is 5.73 Å². The fourth-order valence-corrected chi connectivity index (χ4v) is 2.45. The molecular weight excluding hydrogens is 196 g/mol. The van der Waals surface area contributed by atoms with Gasteiger partial charge in [-0.15, -0.1) is 11.8 Å². The van der Waals surface area contributed by atoms with Gasteiger partial charge in [0.15, 0.2) is 0 Å². The summed E-state index contributed by atoms with van der Waals surface area (Å²) in [7, 11) is 0. The molecule has 0 saturated carbocycles. The Morgan fingerprint density at radius 3 is 3.14 bits per heavy atom. The van der Waals surface area contributed by atoms with Crippen molar-refractivity contribution in [2.45, 2.75) is 11.4 Å². The van der Waals surface area contributed by atoms with E-state index in [1.807, 2.05) is 12.1 Å². The van der Waals surface area contributed by atoms with E-state index in [4.69, 9.17) is 5.73 Å². The minimum atomic E-state index is -0.356. The smallest absolute Gasteiger partial charge is 0.248 e. The van der Waals surface area contributed by atoms with Crippen LogP contribution in [0.2, 0.25) is 0 Å². The molecule has 0 unspecified atom stereocenters. The average molecular weight is 208 g/mol. The molecule has 0 aromatic heterocycles. The maximum atomic E-state index is 11.0. The predicted octanol–water partition coefficient (Wildman–Crippen LogP) is 0.981. The van der Waals surface area contributed by atoms with Crippen molar-refractivity contribution >= 4 is 17.7 Å². The maximum Gasteiger partial charge on any atom is 0.248 e. The largest absolute Gasteiger partial charge is 0.366 e. The summed E-state index contributed by atoms with van der Waals surface area (Å²) >= 11 is 1.77. The van der Waals surface area contributed by atoms with E-state index < -0.39 is 0 Å². The molecule has 0 radical (unpaired) electrons. The summed E-state index contributed by atoms with van der Waals surface area (Å²) in [6.07, 6.45) is 0. The van der Waals surface area contributed by atoms with Crippen LogP contribution >= 0.6 is 11.8 Å². The molecule has 3 N–H and O–H groups in total. The summed E-state index contributed by atoms with van der Waals surface area (Å²) in [6.45, 7) is 1.88. The third-order valence-electron chi connectivity index (χ3n) is 2.20. The second kappa shape index (κ2) is 4.02. The number of rotatable bonds is 1. The highest BCUT2D eigenvalue weighted by atomic mass is 32.2. The van der Waals surface area contributed by atoms with Gasteiger partial charge in [0.1, 0.15) is 0 Å². The molecule has 1 aliphatic heterocycles. The SMILES string of the molecule is NC(=O)c1ccc2c(c1)SCCNC2. The van der Waals surface area contributed by atoms with Crippen LogP contribution in [0.15, 0.2) is 23.1 Å². The van der Waals surface area contributed by atoms with Crippen molar-refractivity contribution in [1.82, 2.24) is 5.32 Å². The first-order chi connectivity index (χ1) is 6.77. The molecular formula is C10H12N2OS. The zero-order valence-corrected chi connectivity index (χ0v) is 8.56. The number of carbonyl (C=O) groups is 1. The number of nitrogens with two attached hydrogens (primary N) is 1. The molecule has 74 valence electrons. The van der Waals surface area contributed by atoms with Crippen LogP contribution in [0.3, 0.4) is 0 Å². The van der Waals surface area contributed by atoms with Gasteiger partial charge in [0.2, 0.25) is 5.91 Å². The highest BCUT2D eigenvalue weighted by molar-refractivity contribution is 7.99. The zero-order valence-electron chi connectivity index (χ0n) is 7.75. The molecule has 1 aromatic rings. The predicted molar refractivity (Wildman–Crippen MR) is 57.4 cm³/mol. The molecule has 1 aliphatic rings. The monoisotopic (exact) mass is 208 g/mol. The third kappa shape index (κ3) is 1.91. The Hall–Kier alpha value is -1.00. The van der Waals surface area contributed by atoms with Crippen LogP contribution in [-0.2, 0) is 6.54 Å². The van der Waals surface area contributed by atoms with Crippen molar-refractivity contribution in [3.63, 3.8) is 0 Å². The molecule has 0 saturated heterocycles. The van der Waals surface area contributed by atoms with Gasteiger partial charge in [0, 0.05) is 29.3 Å². The highest BCUT2D eigenvalue weighted by Crippen LogP contribution is 2.25. The van der Waals surface area contributed by atoms with Gasteiger partial charge < -0.3 is 11.1 Å². The van der Waals surface area contributed by atoms with E-state index in [1.165, 1.54) is 10.5 Å². The van der Waals surface area contributed by atoms with Gasteiger partial charge >= 0.3 is 0 Å². The van der Waals surface area contributed by atoms with Crippen molar-refractivity contribution in [1.29, 1.82) is 0 Å². The lowest BCUT2D eigenvalue weighted by Gasteiger charge is -2.05. The maximum absolute atomic E-state index is 11.0. The molecule has 4 heteroatoms. The van der Waals surface area contributed by atoms with Crippen LogP contribution in [0.5, 0.6) is 0 Å². The van der Waals surface area contributed by atoms with Crippen LogP contribution in [0, 0.1) is 0 Å². The standard InChI is InChI=1S/C10H12N2OS/c11-10(13)7-1-2-8-6-12-3-4-14-9(8)5-7/h1-2,5,12H,3-4,6H2,(H2,11,13). The number of fused-ring (bicyclic) bond motifs is 1. The van der Waals surface area contributed by atoms with Crippen molar-refractivity contribution in [3.8, 4) is 0 Å². The third-order valence-corrected chi connectivity index (χ3v) is 3.30. The van der Waals surface area contributed by atoms with Gasteiger partial charge in [-0.05, 0) is 17.7 Å². The minimum absolute atomic E-state index is 0.356. The lowest BCUT2D eigenvalue weighted by atomic mass is 10.1. The fraction of sp³-hybridized carbons (Fsp3) is 0.300. The normalized spacial score (nSPS) is 15.7. The van der Waals surface area contributed by atoms with E-state index in [2.05, 4.69) is 5.32 Å². The summed E-state index contributed by atoms with van der Waals surface area (Å²) < 4.78 is 0. The van der Waals surface area contributed by atoms with E-state index in [1.54, 1.807) is 17.8 Å². The number of amides is 1. The number of hydrogen-bond donors (Lipinski definition) is 2. The number of benzene rings is 1. The average Bonchev–Trinajstić information content (AvgIpc) is 2.41. The van der Waals surface area contributed by atoms with E-state index in [9.17, 15) is 4.79 Å². The lowest BCUT2D eigenvalue weighted by Crippen LogP contribution is -2.14. The Morgan fingerprint density at radius 1 is 1.50 bits per heavy atom. The Labute approximate surface area is 87.1 Å². The summed E-state index contributed by atoms with van der Waals surface area (Å²) in [4.78, 5) is 12.1. The van der Waals surface area contributed by atoms with Gasteiger partial charge in [-0.3, -0.25) is 4.79 Å². The minimum Gasteiger partial charge on any atom is -0.366 e.